The molecule has 0 aliphatic heterocycles. The molecule has 0 saturated carbocycles. The molecule has 0 rings (SSSR count). The van der Waals surface area contributed by atoms with Crippen LogP contribution in [-0.2, 0) is 9.59 Å². The number of carboxylic acid groups (broad SMARTS) is 2. The van der Waals surface area contributed by atoms with E-state index in [0.717, 1.165) is 21.6 Å². The van der Waals surface area contributed by atoms with Crippen LogP contribution in [-0.4, -0.2) is 32.7 Å². The number of carbonyl (C=O) groups is 2. The summed E-state index contributed by atoms with van der Waals surface area (Å²) in [6.07, 6.45) is 0. The topological polar surface area (TPSA) is 74.6 Å². The largest absolute Gasteiger partial charge is 0.480 e. The van der Waals surface area contributed by atoms with Gasteiger partial charge < -0.3 is 10.2 Å². The minimum absolute atomic E-state index is 0.572. The second-order valence-corrected chi connectivity index (χ2v) is 5.11. The van der Waals surface area contributed by atoms with Crippen LogP contribution in [0.2, 0.25) is 0 Å². The quantitative estimate of drug-likeness (QED) is 0.666. The Hall–Kier alpha value is -0.360. The van der Waals surface area contributed by atoms with Crippen molar-refractivity contribution in [1.29, 1.82) is 0 Å². The van der Waals surface area contributed by atoms with E-state index in [2.05, 4.69) is 0 Å². The summed E-state index contributed by atoms with van der Waals surface area (Å²) in [5.41, 5.74) is 0. The molecule has 0 bridgehead atoms. The third-order valence-electron chi connectivity index (χ3n) is 1.04. The highest BCUT2D eigenvalue weighted by Crippen LogP contribution is 2.30. The van der Waals surface area contributed by atoms with Gasteiger partial charge in [0.2, 0.25) is 0 Å². The maximum atomic E-state index is 10.3. The lowest BCUT2D eigenvalue weighted by molar-refractivity contribution is -0.137. The molecule has 2 N–H and O–H groups in total. The van der Waals surface area contributed by atoms with Gasteiger partial charge in [0.05, 0.1) is 0 Å². The van der Waals surface area contributed by atoms with E-state index in [-0.39, 0.29) is 0 Å². The van der Waals surface area contributed by atoms with Crippen molar-refractivity contribution >= 4 is 33.5 Å². The number of hydrogen-bond donors (Lipinski definition) is 2. The van der Waals surface area contributed by atoms with Crippen LogP contribution in [0.1, 0.15) is 13.8 Å². The molecule has 0 spiro atoms. The standard InChI is InChI=1S/C6H10O4S2/c1-3(5(7)8)11-12-4(2)6(9)10/h3-4H,1-2H3,(H,7,8)(H,9,10). The minimum atomic E-state index is -0.926. The molecule has 2 unspecified atom stereocenters. The molecule has 0 radical (unpaired) electrons. The first-order valence-corrected chi connectivity index (χ1v) is 5.50. The van der Waals surface area contributed by atoms with Gasteiger partial charge in [-0.3, -0.25) is 9.59 Å². The summed E-state index contributed by atoms with van der Waals surface area (Å²) in [7, 11) is 2.11. The first-order valence-electron chi connectivity index (χ1n) is 3.23. The van der Waals surface area contributed by atoms with Crippen molar-refractivity contribution < 1.29 is 19.8 Å². The van der Waals surface area contributed by atoms with Crippen LogP contribution in [0, 0.1) is 0 Å². The summed E-state index contributed by atoms with van der Waals surface area (Å²) in [6, 6.07) is 0. The molecular formula is C6H10O4S2. The van der Waals surface area contributed by atoms with E-state index >= 15 is 0 Å². The van der Waals surface area contributed by atoms with Gasteiger partial charge in [-0.15, -0.1) is 0 Å². The van der Waals surface area contributed by atoms with Crippen molar-refractivity contribution in [1.82, 2.24) is 0 Å². The van der Waals surface area contributed by atoms with Crippen LogP contribution in [0.4, 0.5) is 0 Å². The van der Waals surface area contributed by atoms with Crippen molar-refractivity contribution in [2.75, 3.05) is 0 Å². The van der Waals surface area contributed by atoms with E-state index in [4.69, 9.17) is 10.2 Å². The van der Waals surface area contributed by atoms with Crippen molar-refractivity contribution in [2.45, 2.75) is 24.3 Å². The molecule has 0 aliphatic rings. The van der Waals surface area contributed by atoms with Gasteiger partial charge in [-0.1, -0.05) is 21.6 Å². The van der Waals surface area contributed by atoms with Gasteiger partial charge in [-0.05, 0) is 13.8 Å². The molecule has 6 heteroatoms. The van der Waals surface area contributed by atoms with E-state index < -0.39 is 22.4 Å². The minimum Gasteiger partial charge on any atom is -0.480 e. The van der Waals surface area contributed by atoms with Crippen LogP contribution in [0.5, 0.6) is 0 Å². The summed E-state index contributed by atoms with van der Waals surface area (Å²) < 4.78 is 0. The van der Waals surface area contributed by atoms with Crippen molar-refractivity contribution in [3.05, 3.63) is 0 Å². The molecule has 0 saturated heterocycles. The molecule has 70 valence electrons. The Morgan fingerprint density at radius 1 is 1.00 bits per heavy atom. The van der Waals surface area contributed by atoms with Gasteiger partial charge in [-0.2, -0.15) is 0 Å². The number of carboxylic acids is 2. The fourth-order valence-electron chi connectivity index (χ4n) is 0.249. The second kappa shape index (κ2) is 5.31. The first-order chi connectivity index (χ1) is 5.45. The second-order valence-electron chi connectivity index (χ2n) is 2.15. The summed E-state index contributed by atoms with van der Waals surface area (Å²) in [6.45, 7) is 3.04. The monoisotopic (exact) mass is 210 g/mol. The molecule has 0 fully saturated rings. The molecular weight excluding hydrogens is 200 g/mol. The third kappa shape index (κ3) is 4.50. The van der Waals surface area contributed by atoms with Crippen LogP contribution in [0.15, 0.2) is 0 Å². The van der Waals surface area contributed by atoms with Gasteiger partial charge in [0.15, 0.2) is 0 Å². The van der Waals surface area contributed by atoms with Gasteiger partial charge in [-0.25, -0.2) is 0 Å². The Kier molecular flexibility index (Phi) is 5.16. The number of rotatable bonds is 5. The number of hydrogen-bond acceptors (Lipinski definition) is 4. The SMILES string of the molecule is CC(SSC(C)C(=O)O)C(=O)O. The fraction of sp³-hybridized carbons (Fsp3) is 0.667. The Bertz CT molecular complexity index is 162. The van der Waals surface area contributed by atoms with Crippen molar-refractivity contribution in [2.24, 2.45) is 0 Å². The highest BCUT2D eigenvalue weighted by Gasteiger charge is 2.17. The van der Waals surface area contributed by atoms with E-state index in [9.17, 15) is 9.59 Å². The highest BCUT2D eigenvalue weighted by molar-refractivity contribution is 8.77. The molecule has 0 aromatic rings. The molecule has 2 atom stereocenters. The smallest absolute Gasteiger partial charge is 0.317 e. The first kappa shape index (κ1) is 11.6. The van der Waals surface area contributed by atoms with E-state index in [0.29, 0.717) is 0 Å². The average molecular weight is 210 g/mol. The molecule has 0 heterocycles. The maximum absolute atomic E-state index is 10.3. The van der Waals surface area contributed by atoms with Crippen LogP contribution in [0.3, 0.4) is 0 Å². The lowest BCUT2D eigenvalue weighted by Crippen LogP contribution is -2.14. The normalized spacial score (nSPS) is 15.2. The van der Waals surface area contributed by atoms with Crippen LogP contribution < -0.4 is 0 Å². The number of aliphatic carboxylic acids is 2. The Morgan fingerprint density at radius 3 is 1.42 bits per heavy atom. The molecule has 0 aliphatic carbocycles. The van der Waals surface area contributed by atoms with Crippen LogP contribution >= 0.6 is 21.6 Å². The van der Waals surface area contributed by atoms with Gasteiger partial charge in [0, 0.05) is 0 Å². The Morgan fingerprint density at radius 2 is 1.25 bits per heavy atom. The zero-order valence-corrected chi connectivity index (χ0v) is 8.32. The summed E-state index contributed by atoms with van der Waals surface area (Å²) in [4.78, 5) is 20.6. The van der Waals surface area contributed by atoms with Crippen molar-refractivity contribution in [3.63, 3.8) is 0 Å². The average Bonchev–Trinajstić information content (AvgIpc) is 1.98. The zero-order chi connectivity index (χ0) is 9.72. The lowest BCUT2D eigenvalue weighted by Gasteiger charge is -2.07. The molecule has 12 heavy (non-hydrogen) atoms. The van der Waals surface area contributed by atoms with Gasteiger partial charge >= 0.3 is 11.9 Å². The van der Waals surface area contributed by atoms with Crippen LogP contribution in [0.25, 0.3) is 0 Å². The van der Waals surface area contributed by atoms with E-state index in [1.165, 1.54) is 13.8 Å². The van der Waals surface area contributed by atoms with Gasteiger partial charge in [0.1, 0.15) is 10.5 Å². The predicted molar refractivity (Wildman–Crippen MR) is 49.4 cm³/mol. The predicted octanol–water partition coefficient (Wildman–Crippen LogP) is 1.31. The summed E-state index contributed by atoms with van der Waals surface area (Å²) in [5, 5.41) is 15.8. The van der Waals surface area contributed by atoms with E-state index in [1.807, 2.05) is 0 Å². The molecule has 0 aromatic carbocycles. The fourth-order valence-corrected chi connectivity index (χ4v) is 2.24. The highest BCUT2D eigenvalue weighted by atomic mass is 33.1. The van der Waals surface area contributed by atoms with Gasteiger partial charge in [0.25, 0.3) is 0 Å². The van der Waals surface area contributed by atoms with E-state index in [1.54, 1.807) is 0 Å². The Balaban J connectivity index is 3.68. The Labute approximate surface area is 78.1 Å². The van der Waals surface area contributed by atoms with Crippen molar-refractivity contribution in [3.8, 4) is 0 Å². The summed E-state index contributed by atoms with van der Waals surface area (Å²) in [5.74, 6) is -1.85. The molecule has 0 amide bonds. The third-order valence-corrected chi connectivity index (χ3v) is 4.20. The lowest BCUT2D eigenvalue weighted by atomic mass is 10.5. The zero-order valence-electron chi connectivity index (χ0n) is 6.68. The molecule has 0 aromatic heterocycles. The molecule has 4 nitrogen and oxygen atoms in total. The summed E-state index contributed by atoms with van der Waals surface area (Å²) >= 11 is 0. The maximum Gasteiger partial charge on any atom is 0.317 e.